The Kier molecular flexibility index (Phi) is 3.45. The molecule has 13 heavy (non-hydrogen) atoms. The lowest BCUT2D eigenvalue weighted by Crippen LogP contribution is -2.27. The van der Waals surface area contributed by atoms with E-state index in [-0.39, 0.29) is 5.91 Å². The molecule has 1 aromatic heterocycles. The van der Waals surface area contributed by atoms with Crippen LogP contribution in [0.5, 0.6) is 0 Å². The topological polar surface area (TPSA) is 67.0 Å². The van der Waals surface area contributed by atoms with Crippen LogP contribution in [0.2, 0.25) is 0 Å². The summed E-state index contributed by atoms with van der Waals surface area (Å²) in [4.78, 5) is 18.1. The largest absolute Gasteiger partial charge is 0.383 e. The maximum absolute atomic E-state index is 11.3. The van der Waals surface area contributed by atoms with Gasteiger partial charge in [-0.2, -0.15) is 0 Å². The number of imidazole rings is 1. The minimum absolute atomic E-state index is 0.155. The number of aryl methyl sites for hydroxylation is 1. The summed E-state index contributed by atoms with van der Waals surface area (Å²) in [5.74, 6) is 0.578. The van der Waals surface area contributed by atoms with Gasteiger partial charge in [0.15, 0.2) is 0 Å². The number of methoxy groups -OCH3 is 1. The SMILES string of the molecule is COCCNC(=O)c1cnc(C)[nH]1. The average molecular weight is 183 g/mol. The summed E-state index contributed by atoms with van der Waals surface area (Å²) in [6.45, 7) is 2.82. The molecule has 0 fully saturated rings. The lowest BCUT2D eigenvalue weighted by Gasteiger charge is -2.01. The molecule has 0 radical (unpaired) electrons. The first-order valence-corrected chi connectivity index (χ1v) is 4.03. The van der Waals surface area contributed by atoms with Crippen LogP contribution >= 0.6 is 0 Å². The Morgan fingerprint density at radius 1 is 1.77 bits per heavy atom. The van der Waals surface area contributed by atoms with Crippen LogP contribution in [-0.2, 0) is 4.74 Å². The number of nitrogens with zero attached hydrogens (tertiary/aromatic N) is 1. The quantitative estimate of drug-likeness (QED) is 0.650. The first-order chi connectivity index (χ1) is 6.24. The lowest BCUT2D eigenvalue weighted by atomic mass is 10.4. The highest BCUT2D eigenvalue weighted by molar-refractivity contribution is 5.92. The maximum atomic E-state index is 11.3. The van der Waals surface area contributed by atoms with Gasteiger partial charge in [-0.05, 0) is 6.92 Å². The summed E-state index contributed by atoms with van der Waals surface area (Å²) >= 11 is 0. The van der Waals surface area contributed by atoms with Crippen molar-refractivity contribution < 1.29 is 9.53 Å². The minimum Gasteiger partial charge on any atom is -0.383 e. The van der Waals surface area contributed by atoms with E-state index in [4.69, 9.17) is 4.74 Å². The number of carbonyl (C=O) groups is 1. The van der Waals surface area contributed by atoms with Crippen LogP contribution in [-0.4, -0.2) is 36.1 Å². The maximum Gasteiger partial charge on any atom is 0.269 e. The fraction of sp³-hybridized carbons (Fsp3) is 0.500. The third kappa shape index (κ3) is 2.87. The van der Waals surface area contributed by atoms with Gasteiger partial charge in [-0.25, -0.2) is 4.98 Å². The van der Waals surface area contributed by atoms with Gasteiger partial charge in [0.1, 0.15) is 11.5 Å². The molecule has 0 saturated carbocycles. The average Bonchev–Trinajstić information content (AvgIpc) is 2.52. The molecule has 0 aliphatic heterocycles. The monoisotopic (exact) mass is 183 g/mol. The minimum atomic E-state index is -0.155. The van der Waals surface area contributed by atoms with Crippen LogP contribution in [0.3, 0.4) is 0 Å². The number of ether oxygens (including phenoxy) is 1. The van der Waals surface area contributed by atoms with E-state index in [1.54, 1.807) is 14.0 Å². The van der Waals surface area contributed by atoms with Gasteiger partial charge in [0.25, 0.3) is 5.91 Å². The second-order valence-electron chi connectivity index (χ2n) is 2.63. The molecule has 72 valence electrons. The van der Waals surface area contributed by atoms with E-state index in [9.17, 15) is 4.79 Å². The first kappa shape index (κ1) is 9.73. The second kappa shape index (κ2) is 4.61. The number of hydrogen-bond donors (Lipinski definition) is 2. The molecule has 5 heteroatoms. The second-order valence-corrected chi connectivity index (χ2v) is 2.63. The summed E-state index contributed by atoms with van der Waals surface area (Å²) in [6.07, 6.45) is 1.51. The van der Waals surface area contributed by atoms with E-state index in [1.165, 1.54) is 6.20 Å². The lowest BCUT2D eigenvalue weighted by molar-refractivity contribution is 0.0932. The van der Waals surface area contributed by atoms with Crippen LogP contribution in [0, 0.1) is 6.92 Å². The van der Waals surface area contributed by atoms with Crippen molar-refractivity contribution in [3.63, 3.8) is 0 Å². The molecule has 0 unspecified atom stereocenters. The molecule has 5 nitrogen and oxygen atoms in total. The zero-order valence-corrected chi connectivity index (χ0v) is 7.76. The highest BCUT2D eigenvalue weighted by Crippen LogP contribution is 1.94. The van der Waals surface area contributed by atoms with Gasteiger partial charge in [0.05, 0.1) is 12.8 Å². The normalized spacial score (nSPS) is 10.0. The number of aromatic amines is 1. The smallest absolute Gasteiger partial charge is 0.269 e. The van der Waals surface area contributed by atoms with Crippen LogP contribution in [0.15, 0.2) is 6.20 Å². The molecule has 1 aromatic rings. The summed E-state index contributed by atoms with van der Waals surface area (Å²) < 4.78 is 4.79. The van der Waals surface area contributed by atoms with Crippen molar-refractivity contribution in [3.05, 3.63) is 17.7 Å². The van der Waals surface area contributed by atoms with E-state index < -0.39 is 0 Å². The van der Waals surface area contributed by atoms with E-state index in [0.29, 0.717) is 18.8 Å². The van der Waals surface area contributed by atoms with Gasteiger partial charge >= 0.3 is 0 Å². The molecular weight excluding hydrogens is 170 g/mol. The zero-order chi connectivity index (χ0) is 9.68. The Balaban J connectivity index is 2.40. The van der Waals surface area contributed by atoms with Gasteiger partial charge in [-0.3, -0.25) is 4.79 Å². The Morgan fingerprint density at radius 2 is 2.54 bits per heavy atom. The molecule has 1 amide bonds. The standard InChI is InChI=1S/C8H13N3O2/c1-6-10-5-7(11-6)8(12)9-3-4-13-2/h5H,3-4H2,1-2H3,(H,9,12)(H,10,11). The van der Waals surface area contributed by atoms with Gasteiger partial charge in [0.2, 0.25) is 0 Å². The molecule has 0 saturated heterocycles. The number of nitrogens with one attached hydrogen (secondary N) is 2. The Hall–Kier alpha value is -1.36. The number of H-pyrrole nitrogens is 1. The van der Waals surface area contributed by atoms with E-state index in [2.05, 4.69) is 15.3 Å². The fourth-order valence-electron chi connectivity index (χ4n) is 0.898. The van der Waals surface area contributed by atoms with Gasteiger partial charge in [0, 0.05) is 13.7 Å². The zero-order valence-electron chi connectivity index (χ0n) is 7.76. The number of amides is 1. The van der Waals surface area contributed by atoms with Crippen molar-refractivity contribution in [1.82, 2.24) is 15.3 Å². The van der Waals surface area contributed by atoms with Crippen molar-refractivity contribution >= 4 is 5.91 Å². The number of aromatic nitrogens is 2. The molecule has 1 rings (SSSR count). The number of carbonyl (C=O) groups excluding carboxylic acids is 1. The van der Waals surface area contributed by atoms with Crippen molar-refractivity contribution in [3.8, 4) is 0 Å². The molecule has 0 spiro atoms. The summed E-state index contributed by atoms with van der Waals surface area (Å²) in [5, 5.41) is 2.68. The highest BCUT2D eigenvalue weighted by Gasteiger charge is 2.06. The van der Waals surface area contributed by atoms with Crippen LogP contribution in [0.4, 0.5) is 0 Å². The van der Waals surface area contributed by atoms with E-state index in [1.807, 2.05) is 0 Å². The molecule has 0 aliphatic carbocycles. The van der Waals surface area contributed by atoms with Gasteiger partial charge in [-0.15, -0.1) is 0 Å². The van der Waals surface area contributed by atoms with Crippen LogP contribution in [0.25, 0.3) is 0 Å². The van der Waals surface area contributed by atoms with Crippen molar-refractivity contribution in [1.29, 1.82) is 0 Å². The molecule has 0 atom stereocenters. The summed E-state index contributed by atoms with van der Waals surface area (Å²) in [6, 6.07) is 0. The predicted octanol–water partition coefficient (Wildman–Crippen LogP) is 0.0943. The molecule has 0 bridgehead atoms. The summed E-state index contributed by atoms with van der Waals surface area (Å²) in [5.41, 5.74) is 0.480. The Morgan fingerprint density at radius 3 is 3.08 bits per heavy atom. The number of hydrogen-bond acceptors (Lipinski definition) is 3. The third-order valence-electron chi connectivity index (χ3n) is 1.54. The Labute approximate surface area is 76.5 Å². The van der Waals surface area contributed by atoms with Crippen LogP contribution in [0.1, 0.15) is 16.3 Å². The molecule has 0 aromatic carbocycles. The van der Waals surface area contributed by atoms with Crippen LogP contribution < -0.4 is 5.32 Å². The first-order valence-electron chi connectivity index (χ1n) is 4.03. The van der Waals surface area contributed by atoms with Gasteiger partial charge < -0.3 is 15.0 Å². The van der Waals surface area contributed by atoms with E-state index >= 15 is 0 Å². The highest BCUT2D eigenvalue weighted by atomic mass is 16.5. The molecule has 1 heterocycles. The van der Waals surface area contributed by atoms with Crippen molar-refractivity contribution in [2.24, 2.45) is 0 Å². The van der Waals surface area contributed by atoms with Crippen molar-refractivity contribution in [2.75, 3.05) is 20.3 Å². The third-order valence-corrected chi connectivity index (χ3v) is 1.54. The molecule has 2 N–H and O–H groups in total. The predicted molar refractivity (Wildman–Crippen MR) is 47.5 cm³/mol. The number of rotatable bonds is 4. The Bertz CT molecular complexity index is 283. The van der Waals surface area contributed by atoms with Crippen molar-refractivity contribution in [2.45, 2.75) is 6.92 Å². The van der Waals surface area contributed by atoms with E-state index in [0.717, 1.165) is 5.82 Å². The summed E-state index contributed by atoms with van der Waals surface area (Å²) in [7, 11) is 1.59. The molecule has 0 aliphatic rings. The van der Waals surface area contributed by atoms with Gasteiger partial charge in [-0.1, -0.05) is 0 Å². The fourth-order valence-corrected chi connectivity index (χ4v) is 0.898. The molecular formula is C8H13N3O2.